The van der Waals surface area contributed by atoms with Crippen molar-refractivity contribution in [3.63, 3.8) is 0 Å². The minimum atomic E-state index is -0.589. The number of ether oxygens (including phenoxy) is 1. The number of hydrogen-bond donors (Lipinski definition) is 2. The van der Waals surface area contributed by atoms with E-state index in [0.717, 1.165) is 0 Å². The monoisotopic (exact) mass is 400 g/mol. The van der Waals surface area contributed by atoms with Crippen LogP contribution in [0.3, 0.4) is 0 Å². The largest absolute Gasteiger partial charge is 0.497 e. The summed E-state index contributed by atoms with van der Waals surface area (Å²) in [7, 11) is 1.55. The van der Waals surface area contributed by atoms with Crippen molar-refractivity contribution in [3.05, 3.63) is 73.5 Å². The summed E-state index contributed by atoms with van der Waals surface area (Å²) >= 11 is 5.75. The SMILES string of the molecule is COc1ccc(-c2nnc(N/N=C/c3ccc(Cl)c([N+](=O)[O-])c3)[nH]c2=O)cc1. The normalized spacial score (nSPS) is 10.8. The Morgan fingerprint density at radius 3 is 2.64 bits per heavy atom. The maximum absolute atomic E-state index is 12.2. The minimum absolute atomic E-state index is 0.0157. The number of hydrogen-bond acceptors (Lipinski definition) is 8. The van der Waals surface area contributed by atoms with E-state index in [1.807, 2.05) is 0 Å². The summed E-state index contributed by atoms with van der Waals surface area (Å²) < 4.78 is 5.07. The van der Waals surface area contributed by atoms with Crippen LogP contribution in [0.2, 0.25) is 5.02 Å². The van der Waals surface area contributed by atoms with E-state index >= 15 is 0 Å². The maximum atomic E-state index is 12.2. The quantitative estimate of drug-likeness (QED) is 0.369. The highest BCUT2D eigenvalue weighted by molar-refractivity contribution is 6.32. The molecule has 0 radical (unpaired) electrons. The zero-order valence-electron chi connectivity index (χ0n) is 14.4. The van der Waals surface area contributed by atoms with Crippen LogP contribution < -0.4 is 15.7 Å². The van der Waals surface area contributed by atoms with E-state index < -0.39 is 10.5 Å². The topological polar surface area (TPSA) is 135 Å². The molecule has 0 aliphatic heterocycles. The molecule has 3 aromatic rings. The summed E-state index contributed by atoms with van der Waals surface area (Å²) in [5.41, 5.74) is 2.98. The summed E-state index contributed by atoms with van der Waals surface area (Å²) in [4.78, 5) is 25.0. The predicted octanol–water partition coefficient (Wildman–Crippen LogP) is 2.85. The summed E-state index contributed by atoms with van der Waals surface area (Å²) in [6.07, 6.45) is 1.32. The molecule has 0 amide bonds. The number of nitrogens with zero attached hydrogens (tertiary/aromatic N) is 4. The van der Waals surface area contributed by atoms with Gasteiger partial charge in [0.1, 0.15) is 10.8 Å². The van der Waals surface area contributed by atoms with E-state index in [1.165, 1.54) is 18.3 Å². The number of nitrogens with one attached hydrogen (secondary N) is 2. The van der Waals surface area contributed by atoms with Gasteiger partial charge in [-0.15, -0.1) is 10.2 Å². The number of anilines is 1. The van der Waals surface area contributed by atoms with Gasteiger partial charge in [0.25, 0.3) is 11.2 Å². The lowest BCUT2D eigenvalue weighted by Crippen LogP contribution is -2.15. The van der Waals surface area contributed by atoms with Crippen molar-refractivity contribution >= 4 is 29.5 Å². The van der Waals surface area contributed by atoms with Gasteiger partial charge in [-0.05, 0) is 30.3 Å². The summed E-state index contributed by atoms with van der Waals surface area (Å²) in [5.74, 6) is 0.671. The van der Waals surface area contributed by atoms with Crippen molar-refractivity contribution in [2.24, 2.45) is 5.10 Å². The van der Waals surface area contributed by atoms with E-state index in [1.54, 1.807) is 37.4 Å². The van der Waals surface area contributed by atoms with Gasteiger partial charge >= 0.3 is 0 Å². The molecule has 0 spiro atoms. The van der Waals surface area contributed by atoms with Crippen molar-refractivity contribution in [2.45, 2.75) is 0 Å². The first kappa shape index (κ1) is 19.0. The Balaban J connectivity index is 1.74. The lowest BCUT2D eigenvalue weighted by molar-refractivity contribution is -0.384. The molecule has 0 saturated heterocycles. The Hall–Kier alpha value is -3.79. The molecule has 0 fully saturated rings. The number of nitro benzene ring substituents is 1. The Kier molecular flexibility index (Phi) is 5.61. The van der Waals surface area contributed by atoms with Crippen LogP contribution >= 0.6 is 11.6 Å². The van der Waals surface area contributed by atoms with Crippen LogP contribution in [0.25, 0.3) is 11.3 Å². The third kappa shape index (κ3) is 4.30. The van der Waals surface area contributed by atoms with Gasteiger partial charge in [0.05, 0.1) is 18.2 Å². The van der Waals surface area contributed by atoms with Crippen molar-refractivity contribution in [1.29, 1.82) is 0 Å². The molecule has 28 heavy (non-hydrogen) atoms. The van der Waals surface area contributed by atoms with Gasteiger partial charge < -0.3 is 4.74 Å². The zero-order chi connectivity index (χ0) is 20.1. The van der Waals surface area contributed by atoms with Gasteiger partial charge in [-0.25, -0.2) is 5.43 Å². The van der Waals surface area contributed by atoms with Crippen LogP contribution in [0.4, 0.5) is 11.6 Å². The van der Waals surface area contributed by atoms with E-state index in [0.29, 0.717) is 16.9 Å². The minimum Gasteiger partial charge on any atom is -0.497 e. The highest BCUT2D eigenvalue weighted by Crippen LogP contribution is 2.24. The third-order valence-corrected chi connectivity index (χ3v) is 3.93. The fraction of sp³-hybridized carbons (Fsp3) is 0.0588. The molecular formula is C17H13ClN6O4. The molecule has 11 heteroatoms. The van der Waals surface area contributed by atoms with Crippen molar-refractivity contribution in [2.75, 3.05) is 12.5 Å². The number of benzene rings is 2. The van der Waals surface area contributed by atoms with Crippen LogP contribution in [0.5, 0.6) is 5.75 Å². The van der Waals surface area contributed by atoms with E-state index in [9.17, 15) is 14.9 Å². The van der Waals surface area contributed by atoms with E-state index in [-0.39, 0.29) is 22.4 Å². The molecule has 0 aliphatic carbocycles. The van der Waals surface area contributed by atoms with Crippen LogP contribution in [-0.4, -0.2) is 33.4 Å². The number of rotatable bonds is 6. The molecular weight excluding hydrogens is 388 g/mol. The molecule has 0 bridgehead atoms. The number of methoxy groups -OCH3 is 1. The Bertz CT molecular complexity index is 1100. The first-order valence-electron chi connectivity index (χ1n) is 7.82. The second-order valence-electron chi connectivity index (χ2n) is 5.42. The molecule has 2 aromatic carbocycles. The summed E-state index contributed by atoms with van der Waals surface area (Å²) in [6, 6.07) is 11.0. The number of nitro groups is 1. The molecule has 10 nitrogen and oxygen atoms in total. The van der Waals surface area contributed by atoms with Crippen LogP contribution in [0, 0.1) is 10.1 Å². The Morgan fingerprint density at radius 1 is 1.25 bits per heavy atom. The van der Waals surface area contributed by atoms with Gasteiger partial charge in [-0.3, -0.25) is 19.9 Å². The lowest BCUT2D eigenvalue weighted by atomic mass is 10.1. The average molecular weight is 401 g/mol. The van der Waals surface area contributed by atoms with E-state index in [4.69, 9.17) is 16.3 Å². The van der Waals surface area contributed by atoms with Crippen LogP contribution in [0.1, 0.15) is 5.56 Å². The number of halogens is 1. The molecule has 1 aromatic heterocycles. The average Bonchev–Trinajstić information content (AvgIpc) is 2.69. The van der Waals surface area contributed by atoms with Crippen LogP contribution in [-0.2, 0) is 0 Å². The van der Waals surface area contributed by atoms with Gasteiger partial charge in [-0.1, -0.05) is 17.7 Å². The first-order chi connectivity index (χ1) is 13.5. The van der Waals surface area contributed by atoms with Crippen molar-refractivity contribution in [1.82, 2.24) is 15.2 Å². The molecule has 0 aliphatic rings. The smallest absolute Gasteiger partial charge is 0.288 e. The number of H-pyrrole nitrogens is 1. The molecule has 1 heterocycles. The Morgan fingerprint density at radius 2 is 2.00 bits per heavy atom. The van der Waals surface area contributed by atoms with Gasteiger partial charge in [0, 0.05) is 17.2 Å². The second-order valence-corrected chi connectivity index (χ2v) is 5.83. The number of hydrazone groups is 1. The maximum Gasteiger partial charge on any atom is 0.288 e. The van der Waals surface area contributed by atoms with Gasteiger partial charge in [0.15, 0.2) is 5.69 Å². The third-order valence-electron chi connectivity index (χ3n) is 3.61. The number of aromatic amines is 1. The lowest BCUT2D eigenvalue weighted by Gasteiger charge is -2.03. The molecule has 0 saturated carbocycles. The van der Waals surface area contributed by atoms with E-state index in [2.05, 4.69) is 25.7 Å². The Labute approximate surface area is 163 Å². The van der Waals surface area contributed by atoms with Gasteiger partial charge in [-0.2, -0.15) is 5.10 Å². The molecule has 0 unspecified atom stereocenters. The molecule has 2 N–H and O–H groups in total. The fourth-order valence-corrected chi connectivity index (χ4v) is 2.43. The zero-order valence-corrected chi connectivity index (χ0v) is 15.2. The van der Waals surface area contributed by atoms with Crippen LogP contribution in [0.15, 0.2) is 52.4 Å². The standard InChI is InChI=1S/C17H13ClN6O4/c1-28-12-5-3-11(4-6-12)15-16(25)20-17(23-21-15)22-19-9-10-2-7-13(18)14(8-10)24(26)27/h2-9H,1H3,(H2,20,22,23,25)/b19-9+. The predicted molar refractivity (Wildman–Crippen MR) is 104 cm³/mol. The highest BCUT2D eigenvalue weighted by atomic mass is 35.5. The molecule has 142 valence electrons. The van der Waals surface area contributed by atoms with Crippen molar-refractivity contribution in [3.8, 4) is 17.0 Å². The van der Waals surface area contributed by atoms with Gasteiger partial charge in [0.2, 0.25) is 5.95 Å². The van der Waals surface area contributed by atoms with Crippen molar-refractivity contribution < 1.29 is 9.66 Å². The molecule has 3 rings (SSSR count). The highest BCUT2D eigenvalue weighted by Gasteiger charge is 2.12. The fourth-order valence-electron chi connectivity index (χ4n) is 2.24. The molecule has 0 atom stereocenters. The number of aromatic nitrogens is 3. The second kappa shape index (κ2) is 8.27. The summed E-state index contributed by atoms with van der Waals surface area (Å²) in [6.45, 7) is 0. The first-order valence-corrected chi connectivity index (χ1v) is 8.20. The summed E-state index contributed by atoms with van der Waals surface area (Å²) in [5, 5.41) is 22.6.